The molecule has 2 aliphatic rings. The number of para-hydroxylation sites is 1. The van der Waals surface area contributed by atoms with E-state index in [1.807, 2.05) is 29.3 Å². The fraction of sp³-hybridized carbons (Fsp3) is 0. The van der Waals surface area contributed by atoms with E-state index in [9.17, 15) is 0 Å². The third-order valence-electron chi connectivity index (χ3n) is 2.30. The summed E-state index contributed by atoms with van der Waals surface area (Å²) in [4.78, 5) is 1.97. The Hall–Kier alpha value is -2.10. The number of ether oxygens (including phenoxy) is 1. The van der Waals surface area contributed by atoms with Crippen molar-refractivity contribution in [1.82, 2.24) is 0 Å². The number of nitrogen functional groups attached to an aromatic ring is 1. The molecule has 0 bridgehead atoms. The molecular formula is C10H9N3O. The Bertz CT molecular complexity index is 451. The Morgan fingerprint density at radius 3 is 3.21 bits per heavy atom. The maximum absolute atomic E-state index is 5.90. The highest BCUT2D eigenvalue weighted by molar-refractivity contribution is 5.90. The van der Waals surface area contributed by atoms with Crippen LogP contribution in [-0.2, 0) is 4.74 Å². The Morgan fingerprint density at radius 1 is 1.36 bits per heavy atom. The molecule has 0 spiro atoms. The van der Waals surface area contributed by atoms with Crippen molar-refractivity contribution in [3.63, 3.8) is 0 Å². The number of nitrogens with zero attached hydrogens (tertiary/aromatic N) is 1. The van der Waals surface area contributed by atoms with Gasteiger partial charge in [0.05, 0.1) is 17.1 Å². The van der Waals surface area contributed by atoms with Gasteiger partial charge in [0.1, 0.15) is 12.5 Å². The van der Waals surface area contributed by atoms with Crippen LogP contribution in [0.2, 0.25) is 0 Å². The standard InChI is InChI=1S/C10H9N3O/c11-7-2-1-3-8-10(7)13-4-5-14-6-9(13)12-8/h1-6,12H,11H2. The SMILES string of the molecule is Nc1cccc2c1N1C=COC=C1N2. The van der Waals surface area contributed by atoms with Gasteiger partial charge in [0.2, 0.25) is 0 Å². The molecular weight excluding hydrogens is 178 g/mol. The molecule has 0 saturated heterocycles. The number of hydrogen-bond acceptors (Lipinski definition) is 4. The molecule has 3 N–H and O–H groups in total. The van der Waals surface area contributed by atoms with Gasteiger partial charge in [-0.25, -0.2) is 0 Å². The molecule has 0 fully saturated rings. The fourth-order valence-corrected chi connectivity index (χ4v) is 1.69. The van der Waals surface area contributed by atoms with Crippen LogP contribution in [0.3, 0.4) is 0 Å². The lowest BCUT2D eigenvalue weighted by Crippen LogP contribution is -2.16. The number of benzene rings is 1. The highest BCUT2D eigenvalue weighted by atomic mass is 16.5. The van der Waals surface area contributed by atoms with Crippen LogP contribution in [0.25, 0.3) is 0 Å². The maximum Gasteiger partial charge on any atom is 0.151 e. The molecule has 0 amide bonds. The molecule has 0 radical (unpaired) electrons. The second-order valence-electron chi connectivity index (χ2n) is 3.16. The van der Waals surface area contributed by atoms with Crippen LogP contribution >= 0.6 is 0 Å². The highest BCUT2D eigenvalue weighted by Gasteiger charge is 2.25. The molecule has 4 nitrogen and oxygen atoms in total. The second-order valence-corrected chi connectivity index (χ2v) is 3.16. The predicted octanol–water partition coefficient (Wildman–Crippen LogP) is 1.80. The van der Waals surface area contributed by atoms with E-state index < -0.39 is 0 Å². The lowest BCUT2D eigenvalue weighted by Gasteiger charge is -2.18. The molecule has 3 rings (SSSR count). The van der Waals surface area contributed by atoms with Crippen molar-refractivity contribution in [2.75, 3.05) is 16.0 Å². The summed E-state index contributed by atoms with van der Waals surface area (Å²) in [5.41, 5.74) is 8.64. The van der Waals surface area contributed by atoms with E-state index >= 15 is 0 Å². The number of rotatable bonds is 0. The minimum atomic E-state index is 0.755. The smallest absolute Gasteiger partial charge is 0.151 e. The average molecular weight is 187 g/mol. The lowest BCUT2D eigenvalue weighted by molar-refractivity contribution is 0.389. The van der Waals surface area contributed by atoms with Crippen LogP contribution in [-0.4, -0.2) is 0 Å². The van der Waals surface area contributed by atoms with E-state index in [1.54, 1.807) is 12.5 Å². The zero-order valence-corrected chi connectivity index (χ0v) is 7.40. The van der Waals surface area contributed by atoms with E-state index in [4.69, 9.17) is 10.5 Å². The minimum Gasteiger partial charge on any atom is -0.467 e. The normalized spacial score (nSPS) is 16.6. The molecule has 0 aliphatic carbocycles. The Balaban J connectivity index is 2.20. The zero-order chi connectivity index (χ0) is 9.54. The molecule has 1 aromatic carbocycles. The second kappa shape index (κ2) is 2.45. The van der Waals surface area contributed by atoms with Gasteiger partial charge >= 0.3 is 0 Å². The monoisotopic (exact) mass is 187 g/mol. The molecule has 2 aliphatic heterocycles. The number of fused-ring (bicyclic) bond motifs is 3. The van der Waals surface area contributed by atoms with Gasteiger partial charge in [0, 0.05) is 6.20 Å². The van der Waals surface area contributed by atoms with Crippen LogP contribution in [0.1, 0.15) is 0 Å². The van der Waals surface area contributed by atoms with Gasteiger partial charge < -0.3 is 15.8 Å². The Labute approximate surface area is 81.3 Å². The zero-order valence-electron chi connectivity index (χ0n) is 7.40. The molecule has 2 heterocycles. The number of hydrogen-bond donors (Lipinski definition) is 2. The summed E-state index contributed by atoms with van der Waals surface area (Å²) < 4.78 is 5.07. The first-order valence-corrected chi connectivity index (χ1v) is 4.33. The highest BCUT2D eigenvalue weighted by Crippen LogP contribution is 2.41. The topological polar surface area (TPSA) is 50.5 Å². The maximum atomic E-state index is 5.90. The van der Waals surface area contributed by atoms with E-state index in [-0.39, 0.29) is 0 Å². The van der Waals surface area contributed by atoms with Crippen LogP contribution in [0.15, 0.2) is 42.7 Å². The molecule has 0 unspecified atom stereocenters. The van der Waals surface area contributed by atoms with Crippen LogP contribution in [0.5, 0.6) is 0 Å². The number of nitrogens with two attached hydrogens (primary N) is 1. The molecule has 0 saturated carbocycles. The molecule has 1 aromatic rings. The van der Waals surface area contributed by atoms with Crippen molar-refractivity contribution >= 4 is 17.1 Å². The van der Waals surface area contributed by atoms with Gasteiger partial charge in [-0.05, 0) is 12.1 Å². The van der Waals surface area contributed by atoms with Crippen molar-refractivity contribution in [2.24, 2.45) is 0 Å². The van der Waals surface area contributed by atoms with Crippen molar-refractivity contribution in [3.8, 4) is 0 Å². The molecule has 14 heavy (non-hydrogen) atoms. The predicted molar refractivity (Wildman–Crippen MR) is 55.3 cm³/mol. The van der Waals surface area contributed by atoms with E-state index in [1.165, 1.54) is 0 Å². The van der Waals surface area contributed by atoms with Gasteiger partial charge in [-0.3, -0.25) is 4.90 Å². The number of nitrogens with one attached hydrogen (secondary N) is 1. The molecule has 70 valence electrons. The van der Waals surface area contributed by atoms with Gasteiger partial charge in [0.25, 0.3) is 0 Å². The first-order valence-electron chi connectivity index (χ1n) is 4.33. The Kier molecular flexibility index (Phi) is 1.28. The van der Waals surface area contributed by atoms with Crippen molar-refractivity contribution < 1.29 is 4.74 Å². The van der Waals surface area contributed by atoms with E-state index in [0.29, 0.717) is 0 Å². The first-order chi connectivity index (χ1) is 6.86. The Morgan fingerprint density at radius 2 is 2.29 bits per heavy atom. The molecule has 0 aromatic heterocycles. The van der Waals surface area contributed by atoms with Gasteiger partial charge in [-0.2, -0.15) is 0 Å². The first kappa shape index (κ1) is 7.32. The summed E-state index contributed by atoms with van der Waals surface area (Å²) in [6, 6.07) is 5.79. The van der Waals surface area contributed by atoms with Crippen molar-refractivity contribution in [3.05, 3.63) is 42.7 Å². The van der Waals surface area contributed by atoms with Gasteiger partial charge in [-0.1, -0.05) is 6.07 Å². The molecule has 0 atom stereocenters. The van der Waals surface area contributed by atoms with Crippen LogP contribution in [0.4, 0.5) is 17.1 Å². The minimum absolute atomic E-state index is 0.755. The van der Waals surface area contributed by atoms with Crippen molar-refractivity contribution in [2.45, 2.75) is 0 Å². The average Bonchev–Trinajstić information content (AvgIpc) is 2.57. The summed E-state index contributed by atoms with van der Waals surface area (Å²) in [5.74, 6) is 0.889. The summed E-state index contributed by atoms with van der Waals surface area (Å²) in [5, 5.41) is 3.21. The van der Waals surface area contributed by atoms with E-state index in [0.717, 1.165) is 22.9 Å². The number of anilines is 3. The third kappa shape index (κ3) is 0.821. The summed E-state index contributed by atoms with van der Waals surface area (Å²) in [7, 11) is 0. The van der Waals surface area contributed by atoms with Crippen LogP contribution < -0.4 is 16.0 Å². The van der Waals surface area contributed by atoms with E-state index in [2.05, 4.69) is 5.32 Å². The summed E-state index contributed by atoms with van der Waals surface area (Å²) in [6.07, 6.45) is 5.11. The van der Waals surface area contributed by atoms with Crippen molar-refractivity contribution in [1.29, 1.82) is 0 Å². The van der Waals surface area contributed by atoms with Crippen LogP contribution in [0, 0.1) is 0 Å². The summed E-state index contributed by atoms with van der Waals surface area (Å²) in [6.45, 7) is 0. The fourth-order valence-electron chi connectivity index (χ4n) is 1.69. The largest absolute Gasteiger partial charge is 0.467 e. The van der Waals surface area contributed by atoms with Gasteiger partial charge in [0.15, 0.2) is 5.82 Å². The van der Waals surface area contributed by atoms with Gasteiger partial charge in [-0.15, -0.1) is 0 Å². The summed E-state index contributed by atoms with van der Waals surface area (Å²) >= 11 is 0. The lowest BCUT2D eigenvalue weighted by atomic mass is 10.2. The third-order valence-corrected chi connectivity index (χ3v) is 2.30. The molecule has 4 heteroatoms. The quantitative estimate of drug-likeness (QED) is 0.608.